The van der Waals surface area contributed by atoms with Crippen molar-refractivity contribution in [1.82, 2.24) is 4.90 Å². The number of carbonyl (C=O) groups excluding carboxylic acids is 1. The summed E-state index contributed by atoms with van der Waals surface area (Å²) < 4.78 is 13.0. The van der Waals surface area contributed by atoms with Gasteiger partial charge in [0.2, 0.25) is 0 Å². The zero-order valence-electron chi connectivity index (χ0n) is 19.3. The molecular weight excluding hydrogens is 374 g/mol. The predicted molar refractivity (Wildman–Crippen MR) is 118 cm³/mol. The van der Waals surface area contributed by atoms with Gasteiger partial charge in [0.1, 0.15) is 23.7 Å². The Bertz CT molecular complexity index is 866. The first kappa shape index (κ1) is 20.5. The van der Waals surface area contributed by atoms with Crippen LogP contribution >= 0.6 is 0 Å². The Balaban J connectivity index is 1.76. The van der Waals surface area contributed by atoms with Crippen molar-refractivity contribution in [3.63, 3.8) is 0 Å². The maximum Gasteiger partial charge on any atom is 0.138 e. The molecule has 0 radical (unpaired) electrons. The average Bonchev–Trinajstić information content (AvgIpc) is 3.03. The Labute approximate surface area is 181 Å². The van der Waals surface area contributed by atoms with Gasteiger partial charge < -0.3 is 14.4 Å². The highest BCUT2D eigenvalue weighted by molar-refractivity contribution is 5.82. The summed E-state index contributed by atoms with van der Waals surface area (Å²) in [5.41, 5.74) is 4.27. The quantitative estimate of drug-likeness (QED) is 0.693. The lowest BCUT2D eigenvalue weighted by Crippen LogP contribution is -2.74. The van der Waals surface area contributed by atoms with E-state index in [4.69, 9.17) is 9.47 Å². The zero-order chi connectivity index (χ0) is 21.3. The molecule has 1 spiro atoms. The number of likely N-dealkylation sites (N-methyl/N-ethyl adjacent to an activating group) is 1. The molecule has 4 aliphatic rings. The fourth-order valence-corrected chi connectivity index (χ4v) is 8.14. The van der Waals surface area contributed by atoms with E-state index >= 15 is 0 Å². The number of methoxy groups -OCH3 is 1. The first-order valence-electron chi connectivity index (χ1n) is 12.0. The molecule has 2 aliphatic heterocycles. The number of ether oxygens (including phenoxy) is 2. The molecule has 6 atom stereocenters. The second-order valence-electron chi connectivity index (χ2n) is 10.4. The molecule has 0 amide bonds. The van der Waals surface area contributed by atoms with Gasteiger partial charge in [-0.3, -0.25) is 4.79 Å². The second kappa shape index (κ2) is 7.06. The summed E-state index contributed by atoms with van der Waals surface area (Å²) in [6.07, 6.45) is 6.74. The van der Waals surface area contributed by atoms with E-state index in [0.29, 0.717) is 18.2 Å². The SMILES string of the molecule is CCCC(=O)[C@H]1C[C@]2(CCC)[C@H]3Cc4cc(C)cc5c4[C@@]2(CCN3C)[C@@H](O5)[C@@H]1OC. The van der Waals surface area contributed by atoms with Gasteiger partial charge in [0.25, 0.3) is 0 Å². The molecule has 30 heavy (non-hydrogen) atoms. The van der Waals surface area contributed by atoms with Gasteiger partial charge in [-0.05, 0) is 69.8 Å². The van der Waals surface area contributed by atoms with Crippen LogP contribution in [0.25, 0.3) is 0 Å². The number of carbonyl (C=O) groups is 1. The smallest absolute Gasteiger partial charge is 0.138 e. The van der Waals surface area contributed by atoms with Gasteiger partial charge in [-0.2, -0.15) is 0 Å². The number of nitrogens with zero attached hydrogens (tertiary/aromatic N) is 1. The predicted octanol–water partition coefficient (Wildman–Crippen LogP) is 4.44. The molecule has 4 nitrogen and oxygen atoms in total. The van der Waals surface area contributed by atoms with Crippen molar-refractivity contribution < 1.29 is 14.3 Å². The summed E-state index contributed by atoms with van der Waals surface area (Å²) >= 11 is 0. The topological polar surface area (TPSA) is 38.8 Å². The normalized spacial score (nSPS) is 38.8. The Hall–Kier alpha value is -1.39. The summed E-state index contributed by atoms with van der Waals surface area (Å²) in [5, 5.41) is 0. The molecule has 0 aromatic heterocycles. The first-order chi connectivity index (χ1) is 14.4. The Morgan fingerprint density at radius 2 is 2.10 bits per heavy atom. The molecule has 2 aliphatic carbocycles. The van der Waals surface area contributed by atoms with E-state index in [1.807, 2.05) is 0 Å². The van der Waals surface area contributed by atoms with Crippen LogP contribution in [0.1, 0.15) is 69.1 Å². The molecule has 1 aromatic rings. The number of ketones is 1. The van der Waals surface area contributed by atoms with Crippen molar-refractivity contribution in [2.75, 3.05) is 20.7 Å². The number of likely N-dealkylation sites (tertiary alicyclic amines) is 1. The molecular formula is C26H37NO3. The van der Waals surface area contributed by atoms with E-state index in [1.165, 1.54) is 16.7 Å². The van der Waals surface area contributed by atoms with Gasteiger partial charge in [0.15, 0.2) is 0 Å². The fourth-order valence-electron chi connectivity index (χ4n) is 8.14. The molecule has 1 saturated heterocycles. The van der Waals surface area contributed by atoms with E-state index in [-0.39, 0.29) is 29.0 Å². The van der Waals surface area contributed by atoms with Crippen LogP contribution in [0.4, 0.5) is 0 Å². The van der Waals surface area contributed by atoms with Crippen molar-refractivity contribution in [2.24, 2.45) is 11.3 Å². The largest absolute Gasteiger partial charge is 0.486 e. The molecule has 2 bridgehead atoms. The summed E-state index contributed by atoms with van der Waals surface area (Å²) in [4.78, 5) is 15.9. The fraction of sp³-hybridized carbons (Fsp3) is 0.731. The molecule has 0 N–H and O–H groups in total. The minimum Gasteiger partial charge on any atom is -0.486 e. The third kappa shape index (κ3) is 2.38. The molecule has 0 unspecified atom stereocenters. The maximum absolute atomic E-state index is 13.4. The molecule has 2 fully saturated rings. The molecule has 4 heteroatoms. The van der Waals surface area contributed by atoms with Crippen LogP contribution < -0.4 is 4.74 Å². The highest BCUT2D eigenvalue weighted by atomic mass is 16.5. The van der Waals surface area contributed by atoms with Crippen LogP contribution in [0.2, 0.25) is 0 Å². The van der Waals surface area contributed by atoms with Gasteiger partial charge in [-0.1, -0.05) is 26.3 Å². The van der Waals surface area contributed by atoms with Gasteiger partial charge in [-0.25, -0.2) is 0 Å². The standard InChI is InChI=1S/C26H37NO3/c1-6-8-19(28)18-15-25(9-7-2)21-14-17-12-16(3)13-20-22(17)26(25,10-11-27(21)4)24(30-20)23(18)29-5/h12-13,18,21,23-24H,6-11,14-15H2,1-5H3/t18-,21-,23-,24+,25-,26+/m1/s1. The lowest BCUT2D eigenvalue weighted by Gasteiger charge is -2.67. The number of rotatable bonds is 6. The van der Waals surface area contributed by atoms with Crippen LogP contribution in [0.3, 0.4) is 0 Å². The van der Waals surface area contributed by atoms with Gasteiger partial charge in [0, 0.05) is 41.9 Å². The number of hydrogen-bond donors (Lipinski definition) is 0. The zero-order valence-corrected chi connectivity index (χ0v) is 19.3. The van der Waals surface area contributed by atoms with E-state index in [1.54, 1.807) is 7.11 Å². The Morgan fingerprint density at radius 3 is 2.80 bits per heavy atom. The summed E-state index contributed by atoms with van der Waals surface area (Å²) in [6, 6.07) is 5.09. The molecule has 164 valence electrons. The van der Waals surface area contributed by atoms with Crippen LogP contribution in [-0.2, 0) is 21.4 Å². The van der Waals surface area contributed by atoms with Gasteiger partial charge >= 0.3 is 0 Å². The number of hydrogen-bond acceptors (Lipinski definition) is 4. The van der Waals surface area contributed by atoms with E-state index in [2.05, 4.69) is 44.9 Å². The van der Waals surface area contributed by atoms with Gasteiger partial charge in [0.05, 0.1) is 0 Å². The van der Waals surface area contributed by atoms with Gasteiger partial charge in [-0.15, -0.1) is 0 Å². The summed E-state index contributed by atoms with van der Waals surface area (Å²) in [6.45, 7) is 7.68. The third-order valence-corrected chi connectivity index (χ3v) is 9.00. The highest BCUT2D eigenvalue weighted by Crippen LogP contribution is 2.70. The monoisotopic (exact) mass is 411 g/mol. The average molecular weight is 412 g/mol. The summed E-state index contributed by atoms with van der Waals surface area (Å²) in [7, 11) is 4.08. The molecule has 5 rings (SSSR count). The number of benzene rings is 1. The lowest BCUT2D eigenvalue weighted by atomic mass is 9.40. The second-order valence-corrected chi connectivity index (χ2v) is 10.4. The Kier molecular flexibility index (Phi) is 4.83. The minimum absolute atomic E-state index is 0.0273. The van der Waals surface area contributed by atoms with Crippen LogP contribution in [0.15, 0.2) is 12.1 Å². The van der Waals surface area contributed by atoms with Crippen LogP contribution in [0, 0.1) is 18.3 Å². The first-order valence-corrected chi connectivity index (χ1v) is 12.0. The van der Waals surface area contributed by atoms with Crippen molar-refractivity contribution >= 4 is 5.78 Å². The lowest BCUT2D eigenvalue weighted by molar-refractivity contribution is -0.191. The van der Waals surface area contributed by atoms with E-state index in [0.717, 1.165) is 50.8 Å². The number of aryl methyl sites for hydroxylation is 1. The Morgan fingerprint density at radius 1 is 1.30 bits per heavy atom. The van der Waals surface area contributed by atoms with E-state index < -0.39 is 0 Å². The highest BCUT2D eigenvalue weighted by Gasteiger charge is 2.74. The molecule has 1 saturated carbocycles. The maximum atomic E-state index is 13.4. The molecule has 1 aromatic carbocycles. The van der Waals surface area contributed by atoms with Crippen molar-refractivity contribution in [2.45, 2.75) is 89.4 Å². The number of Topliss-reactive ketones (excluding diaryl/α,β-unsaturated/α-hetero) is 1. The number of piperidine rings is 1. The van der Waals surface area contributed by atoms with Crippen LogP contribution in [-0.4, -0.2) is 49.6 Å². The van der Waals surface area contributed by atoms with Crippen molar-refractivity contribution in [1.29, 1.82) is 0 Å². The minimum atomic E-state index is -0.156. The molecule has 2 heterocycles. The van der Waals surface area contributed by atoms with Crippen molar-refractivity contribution in [3.8, 4) is 5.75 Å². The van der Waals surface area contributed by atoms with Crippen molar-refractivity contribution in [3.05, 3.63) is 28.8 Å². The van der Waals surface area contributed by atoms with Crippen LogP contribution in [0.5, 0.6) is 5.75 Å². The third-order valence-electron chi connectivity index (χ3n) is 9.00. The van der Waals surface area contributed by atoms with E-state index in [9.17, 15) is 4.79 Å². The summed E-state index contributed by atoms with van der Waals surface area (Å²) in [5.74, 6) is 1.38.